The first-order valence-corrected chi connectivity index (χ1v) is 9.90. The predicted octanol–water partition coefficient (Wildman–Crippen LogP) is 4.88. The van der Waals surface area contributed by atoms with E-state index in [1.807, 2.05) is 0 Å². The lowest BCUT2D eigenvalue weighted by Gasteiger charge is -2.36. The molecule has 2 unspecified atom stereocenters. The topological polar surface area (TPSA) is 90.4 Å². The maximum atomic E-state index is 14.0. The van der Waals surface area contributed by atoms with Crippen LogP contribution in [0.3, 0.4) is 0 Å². The molecule has 3 N–H and O–H groups in total. The number of pyridine rings is 1. The lowest BCUT2D eigenvalue weighted by Crippen LogP contribution is -2.46. The average molecular weight is 466 g/mol. The maximum Gasteiger partial charge on any atom is 0.422 e. The molecular weight excluding hydrogens is 447 g/mol. The Bertz CT molecular complexity index is 1170. The van der Waals surface area contributed by atoms with Gasteiger partial charge in [0.15, 0.2) is 5.60 Å². The van der Waals surface area contributed by atoms with Crippen LogP contribution in [0.15, 0.2) is 65.6 Å². The third kappa shape index (κ3) is 4.56. The highest BCUT2D eigenvalue weighted by Gasteiger charge is 2.59. The van der Waals surface area contributed by atoms with E-state index in [1.165, 1.54) is 19.1 Å². The van der Waals surface area contributed by atoms with Gasteiger partial charge in [0.05, 0.1) is 6.42 Å². The van der Waals surface area contributed by atoms with Crippen LogP contribution in [0.4, 0.5) is 13.2 Å². The van der Waals surface area contributed by atoms with Crippen molar-refractivity contribution in [3.8, 4) is 11.1 Å². The Kier molecular flexibility index (Phi) is 6.48. The number of carboxylic acids is 1. The summed E-state index contributed by atoms with van der Waals surface area (Å²) in [5.74, 6) is -2.45. The summed E-state index contributed by atoms with van der Waals surface area (Å²) in [6, 6.07) is 13.0. The fraction of sp³-hybridized carbons (Fsp3) is 0.217. The maximum absolute atomic E-state index is 14.0. The number of aromatic nitrogens is 1. The predicted molar refractivity (Wildman–Crippen MR) is 114 cm³/mol. The van der Waals surface area contributed by atoms with E-state index in [0.717, 1.165) is 18.3 Å². The van der Waals surface area contributed by atoms with Crippen molar-refractivity contribution < 1.29 is 28.2 Å². The second kappa shape index (κ2) is 8.80. The normalized spacial score (nSPS) is 14.6. The SMILES string of the molecule is CC(c1ccc(-c2ccc(CC(=O)O)cc2)cc1Cl)C(O)(c1ccc(=O)[nH]c1)C(F)(F)F. The van der Waals surface area contributed by atoms with Crippen molar-refractivity contribution in [3.05, 3.63) is 92.9 Å². The van der Waals surface area contributed by atoms with Crippen molar-refractivity contribution >= 4 is 17.6 Å². The first-order chi connectivity index (χ1) is 14.9. The number of aliphatic carboxylic acids is 1. The first-order valence-electron chi connectivity index (χ1n) is 9.52. The summed E-state index contributed by atoms with van der Waals surface area (Å²) in [6.45, 7) is 1.21. The molecule has 0 aliphatic carbocycles. The summed E-state index contributed by atoms with van der Waals surface area (Å²) in [4.78, 5) is 24.2. The molecule has 2 atom stereocenters. The molecule has 9 heteroatoms. The molecule has 1 aromatic heterocycles. The Morgan fingerprint density at radius 3 is 2.19 bits per heavy atom. The van der Waals surface area contributed by atoms with Crippen LogP contribution < -0.4 is 5.56 Å². The molecule has 0 radical (unpaired) electrons. The third-order valence-electron chi connectivity index (χ3n) is 5.39. The average Bonchev–Trinajstić information content (AvgIpc) is 2.72. The van der Waals surface area contributed by atoms with Gasteiger partial charge in [-0.2, -0.15) is 13.2 Å². The van der Waals surface area contributed by atoms with Crippen molar-refractivity contribution in [2.45, 2.75) is 31.0 Å². The molecule has 168 valence electrons. The van der Waals surface area contributed by atoms with Crippen LogP contribution >= 0.6 is 11.6 Å². The molecule has 0 bridgehead atoms. The van der Waals surface area contributed by atoms with Gasteiger partial charge in [-0.15, -0.1) is 0 Å². The van der Waals surface area contributed by atoms with Gasteiger partial charge >= 0.3 is 12.1 Å². The number of H-pyrrole nitrogens is 1. The van der Waals surface area contributed by atoms with E-state index >= 15 is 0 Å². The standard InChI is InChI=1S/C23H19ClF3NO4/c1-13(22(32,23(25,26)27)17-7-9-20(29)28-12-17)18-8-6-16(11-19(18)24)15-4-2-14(3-5-15)10-21(30)31/h2-9,11-13,32H,10H2,1H3,(H,28,29)(H,30,31). The van der Waals surface area contributed by atoms with Gasteiger partial charge in [0, 0.05) is 28.8 Å². The number of hydrogen-bond acceptors (Lipinski definition) is 3. The number of hydrogen-bond donors (Lipinski definition) is 3. The van der Waals surface area contributed by atoms with Crippen LogP contribution in [0.2, 0.25) is 5.02 Å². The van der Waals surface area contributed by atoms with E-state index in [2.05, 4.69) is 4.98 Å². The third-order valence-corrected chi connectivity index (χ3v) is 5.72. The number of carboxylic acid groups (broad SMARTS) is 1. The van der Waals surface area contributed by atoms with Gasteiger partial charge < -0.3 is 15.2 Å². The molecule has 0 spiro atoms. The van der Waals surface area contributed by atoms with Crippen LogP contribution in [0.5, 0.6) is 0 Å². The van der Waals surface area contributed by atoms with E-state index in [9.17, 15) is 27.9 Å². The molecule has 0 aliphatic heterocycles. The minimum Gasteiger partial charge on any atom is -0.481 e. The molecule has 0 aliphatic rings. The van der Waals surface area contributed by atoms with Gasteiger partial charge in [-0.3, -0.25) is 9.59 Å². The quantitative estimate of drug-likeness (QED) is 0.484. The molecule has 3 rings (SSSR count). The zero-order chi connectivity index (χ0) is 23.7. The lowest BCUT2D eigenvalue weighted by molar-refractivity contribution is -0.274. The molecule has 2 aromatic carbocycles. The number of carbonyl (C=O) groups is 1. The highest BCUT2D eigenvalue weighted by Crippen LogP contribution is 2.49. The minimum atomic E-state index is -5.05. The first kappa shape index (κ1) is 23.6. The second-order valence-corrected chi connectivity index (χ2v) is 7.84. The van der Waals surface area contributed by atoms with Crippen LogP contribution in [0.1, 0.15) is 29.5 Å². The summed E-state index contributed by atoms with van der Waals surface area (Å²) in [5.41, 5.74) is -2.40. The Morgan fingerprint density at radius 1 is 1.06 bits per heavy atom. The number of nitrogens with one attached hydrogen (secondary N) is 1. The zero-order valence-corrected chi connectivity index (χ0v) is 17.5. The van der Waals surface area contributed by atoms with Gasteiger partial charge in [0.1, 0.15) is 0 Å². The van der Waals surface area contributed by atoms with Gasteiger partial charge in [-0.05, 0) is 34.4 Å². The van der Waals surface area contributed by atoms with E-state index in [0.29, 0.717) is 16.7 Å². The Balaban J connectivity index is 1.99. The number of benzene rings is 2. The van der Waals surface area contributed by atoms with Crippen LogP contribution in [-0.4, -0.2) is 27.3 Å². The fourth-order valence-electron chi connectivity index (χ4n) is 3.58. The number of aromatic amines is 1. The highest BCUT2D eigenvalue weighted by atomic mass is 35.5. The van der Waals surface area contributed by atoms with Gasteiger partial charge in [0.2, 0.25) is 5.56 Å². The van der Waals surface area contributed by atoms with Gasteiger partial charge in [0.25, 0.3) is 0 Å². The smallest absolute Gasteiger partial charge is 0.422 e. The Hall–Kier alpha value is -3.10. The summed E-state index contributed by atoms with van der Waals surface area (Å²) >= 11 is 6.33. The minimum absolute atomic E-state index is 0.0247. The summed E-state index contributed by atoms with van der Waals surface area (Å²) in [6.07, 6.45) is -4.34. The molecule has 32 heavy (non-hydrogen) atoms. The van der Waals surface area contributed by atoms with Crippen molar-refractivity contribution in [2.24, 2.45) is 0 Å². The summed E-state index contributed by atoms with van der Waals surface area (Å²) in [5, 5.41) is 19.7. The molecule has 0 saturated carbocycles. The number of alkyl halides is 3. The van der Waals surface area contributed by atoms with Crippen molar-refractivity contribution in [1.82, 2.24) is 4.98 Å². The number of rotatable bonds is 6. The highest BCUT2D eigenvalue weighted by molar-refractivity contribution is 6.31. The largest absolute Gasteiger partial charge is 0.481 e. The number of aliphatic hydroxyl groups is 1. The van der Waals surface area contributed by atoms with E-state index < -0.39 is 34.8 Å². The van der Waals surface area contributed by atoms with Crippen molar-refractivity contribution in [3.63, 3.8) is 0 Å². The molecule has 1 heterocycles. The van der Waals surface area contributed by atoms with E-state index in [-0.39, 0.29) is 17.0 Å². The van der Waals surface area contributed by atoms with Crippen LogP contribution in [0, 0.1) is 0 Å². The summed E-state index contributed by atoms with van der Waals surface area (Å²) in [7, 11) is 0. The molecule has 0 amide bonds. The molecule has 3 aromatic rings. The van der Waals surface area contributed by atoms with Crippen LogP contribution in [0.25, 0.3) is 11.1 Å². The van der Waals surface area contributed by atoms with Crippen molar-refractivity contribution in [1.29, 1.82) is 0 Å². The fourth-order valence-corrected chi connectivity index (χ4v) is 3.92. The zero-order valence-electron chi connectivity index (χ0n) is 16.8. The van der Waals surface area contributed by atoms with Crippen molar-refractivity contribution in [2.75, 3.05) is 0 Å². The summed E-state index contributed by atoms with van der Waals surface area (Å²) < 4.78 is 42.0. The van der Waals surface area contributed by atoms with Crippen LogP contribution in [-0.2, 0) is 16.8 Å². The molecule has 5 nitrogen and oxygen atoms in total. The van der Waals surface area contributed by atoms with E-state index in [1.54, 1.807) is 30.3 Å². The molecule has 0 fully saturated rings. The molecule has 0 saturated heterocycles. The Labute approximate surface area is 186 Å². The monoisotopic (exact) mass is 465 g/mol. The number of halogens is 4. The van der Waals surface area contributed by atoms with E-state index in [4.69, 9.17) is 16.7 Å². The second-order valence-electron chi connectivity index (χ2n) is 7.43. The van der Waals surface area contributed by atoms with Gasteiger partial charge in [-0.25, -0.2) is 0 Å². The van der Waals surface area contributed by atoms with Gasteiger partial charge in [-0.1, -0.05) is 54.9 Å². The Morgan fingerprint density at radius 2 is 1.69 bits per heavy atom. The lowest BCUT2D eigenvalue weighted by atomic mass is 9.78. The molecular formula is C23H19ClF3NO4.